The molecule has 0 spiro atoms. The average molecular weight is 515 g/mol. The number of hydrogen-bond acceptors (Lipinski definition) is 6. The number of amides is 1. The van der Waals surface area contributed by atoms with Crippen molar-refractivity contribution < 1.29 is 27.5 Å². The maximum atomic E-state index is 13.9. The number of benzene rings is 1. The van der Waals surface area contributed by atoms with E-state index in [-0.39, 0.29) is 16.9 Å². The fraction of sp³-hybridized carbons (Fsp3) is 0.280. The summed E-state index contributed by atoms with van der Waals surface area (Å²) < 4.78 is 47.2. The van der Waals surface area contributed by atoms with Crippen LogP contribution in [0.3, 0.4) is 0 Å². The Morgan fingerprint density at radius 2 is 1.97 bits per heavy atom. The Kier molecular flexibility index (Phi) is 6.03. The van der Waals surface area contributed by atoms with E-state index in [0.717, 1.165) is 35.5 Å². The van der Waals surface area contributed by atoms with E-state index in [9.17, 15) is 22.8 Å². The highest BCUT2D eigenvalue weighted by Crippen LogP contribution is 2.40. The minimum absolute atomic E-state index is 0.0563. The summed E-state index contributed by atoms with van der Waals surface area (Å²) in [7, 11) is 1.27. The summed E-state index contributed by atoms with van der Waals surface area (Å²) in [5.41, 5.74) is 0.227. The fourth-order valence-corrected chi connectivity index (χ4v) is 5.80. The van der Waals surface area contributed by atoms with Gasteiger partial charge in [0.1, 0.15) is 10.6 Å². The summed E-state index contributed by atoms with van der Waals surface area (Å²) in [6.07, 6.45) is -1.32. The number of hydrogen-bond donors (Lipinski definition) is 1. The number of halogens is 3. The maximum absolute atomic E-state index is 13.9. The highest BCUT2D eigenvalue weighted by Gasteiger charge is 2.36. The summed E-state index contributed by atoms with van der Waals surface area (Å²) >= 11 is 1.29. The number of carbonyl (C=O) groups excluding carboxylic acids is 2. The van der Waals surface area contributed by atoms with Crippen molar-refractivity contribution in [1.82, 2.24) is 14.6 Å². The van der Waals surface area contributed by atoms with Crippen LogP contribution in [0.1, 0.15) is 50.2 Å². The number of alkyl halides is 3. The van der Waals surface area contributed by atoms with E-state index in [0.29, 0.717) is 33.0 Å². The lowest BCUT2D eigenvalue weighted by molar-refractivity contribution is -0.142. The second kappa shape index (κ2) is 9.05. The van der Waals surface area contributed by atoms with E-state index in [1.165, 1.54) is 18.4 Å². The number of nitrogens with zero attached hydrogens (tertiary/aromatic N) is 3. The molecule has 0 unspecified atom stereocenters. The number of anilines is 1. The van der Waals surface area contributed by atoms with Gasteiger partial charge in [-0.3, -0.25) is 4.79 Å². The number of carbonyl (C=O) groups is 2. The molecular formula is C25H21F3N4O3S. The van der Waals surface area contributed by atoms with Gasteiger partial charge in [-0.15, -0.1) is 11.3 Å². The molecule has 1 amide bonds. The van der Waals surface area contributed by atoms with Crippen LogP contribution in [0.5, 0.6) is 0 Å². The van der Waals surface area contributed by atoms with Crippen molar-refractivity contribution >= 4 is 33.9 Å². The predicted octanol–water partition coefficient (Wildman–Crippen LogP) is 5.64. The topological polar surface area (TPSA) is 85.6 Å². The zero-order valence-corrected chi connectivity index (χ0v) is 20.2. The van der Waals surface area contributed by atoms with Crippen LogP contribution >= 0.6 is 11.3 Å². The number of methoxy groups -OCH3 is 1. The summed E-state index contributed by atoms with van der Waals surface area (Å²) in [5, 5.41) is 6.84. The van der Waals surface area contributed by atoms with Crippen molar-refractivity contribution in [3.05, 3.63) is 69.9 Å². The van der Waals surface area contributed by atoms with Crippen LogP contribution in [0, 0.1) is 5.92 Å². The molecular weight excluding hydrogens is 493 g/mol. The molecule has 4 aromatic rings. The second-order valence-electron chi connectivity index (χ2n) is 8.69. The first kappa shape index (κ1) is 24.0. The summed E-state index contributed by atoms with van der Waals surface area (Å²) in [6.45, 7) is 2.12. The smallest absolute Gasteiger partial charge is 0.433 e. The number of nitrogens with one attached hydrogen (secondary N) is 1. The predicted molar refractivity (Wildman–Crippen MR) is 128 cm³/mol. The van der Waals surface area contributed by atoms with Crippen molar-refractivity contribution in [3.63, 3.8) is 0 Å². The molecule has 3 heterocycles. The SMILES string of the molecule is COC(=O)c1c(NC(=O)c2cnn3c(C(F)(F)F)cc(-c4ccccc4)nc23)sc2c1CC[C@H](C)C2. The molecule has 0 saturated heterocycles. The van der Waals surface area contributed by atoms with Crippen molar-refractivity contribution in [1.29, 1.82) is 0 Å². The summed E-state index contributed by atoms with van der Waals surface area (Å²) in [4.78, 5) is 31.2. The van der Waals surface area contributed by atoms with Crippen LogP contribution in [-0.2, 0) is 23.8 Å². The number of thiophene rings is 1. The number of ether oxygens (including phenoxy) is 1. The molecule has 0 radical (unpaired) electrons. The van der Waals surface area contributed by atoms with Gasteiger partial charge in [0.15, 0.2) is 11.3 Å². The molecule has 0 saturated carbocycles. The molecule has 36 heavy (non-hydrogen) atoms. The Morgan fingerprint density at radius 1 is 1.22 bits per heavy atom. The lowest BCUT2D eigenvalue weighted by Crippen LogP contribution is -2.17. The summed E-state index contributed by atoms with van der Waals surface area (Å²) in [6, 6.07) is 9.29. The summed E-state index contributed by atoms with van der Waals surface area (Å²) in [5.74, 6) is -0.847. The molecule has 7 nitrogen and oxygen atoms in total. The van der Waals surface area contributed by atoms with E-state index in [2.05, 4.69) is 22.3 Å². The molecule has 0 fully saturated rings. The molecule has 186 valence electrons. The first-order chi connectivity index (χ1) is 17.2. The Bertz CT molecular complexity index is 1480. The van der Waals surface area contributed by atoms with Crippen LogP contribution in [0.2, 0.25) is 0 Å². The van der Waals surface area contributed by atoms with Crippen molar-refractivity contribution in [2.24, 2.45) is 5.92 Å². The number of esters is 1. The van der Waals surface area contributed by atoms with Gasteiger partial charge in [-0.2, -0.15) is 18.3 Å². The lowest BCUT2D eigenvalue weighted by atomic mass is 9.88. The van der Waals surface area contributed by atoms with Crippen LogP contribution in [-0.4, -0.2) is 33.6 Å². The standard InChI is InChI=1S/C25H21F3N4O3S/c1-13-8-9-15-18(10-13)36-23(20(15)24(34)35-2)31-22(33)16-12-29-32-19(25(26,27)28)11-17(30-21(16)32)14-6-4-3-5-7-14/h3-7,11-13H,8-10H2,1-2H3,(H,31,33)/t13-/m0/s1. The first-order valence-electron chi connectivity index (χ1n) is 11.2. The highest BCUT2D eigenvalue weighted by atomic mass is 32.1. The maximum Gasteiger partial charge on any atom is 0.433 e. The highest BCUT2D eigenvalue weighted by molar-refractivity contribution is 7.17. The normalized spacial score (nSPS) is 15.5. The molecule has 1 aliphatic rings. The quantitative estimate of drug-likeness (QED) is 0.356. The minimum Gasteiger partial charge on any atom is -0.465 e. The van der Waals surface area contributed by atoms with Gasteiger partial charge in [-0.25, -0.2) is 14.3 Å². The number of aromatic nitrogens is 3. The monoisotopic (exact) mass is 514 g/mol. The Morgan fingerprint density at radius 3 is 2.67 bits per heavy atom. The minimum atomic E-state index is -4.73. The molecule has 1 aromatic carbocycles. The molecule has 3 aromatic heterocycles. The Labute approximate surface area is 207 Å². The van der Waals surface area contributed by atoms with E-state index < -0.39 is 23.7 Å². The third-order valence-electron chi connectivity index (χ3n) is 6.20. The molecule has 5 rings (SSSR count). The van der Waals surface area contributed by atoms with Gasteiger partial charge in [-0.05, 0) is 36.8 Å². The van der Waals surface area contributed by atoms with Crippen molar-refractivity contribution in [2.45, 2.75) is 32.4 Å². The van der Waals surface area contributed by atoms with Crippen LogP contribution in [0.25, 0.3) is 16.9 Å². The van der Waals surface area contributed by atoms with Gasteiger partial charge < -0.3 is 10.1 Å². The third-order valence-corrected chi connectivity index (χ3v) is 7.37. The van der Waals surface area contributed by atoms with Crippen molar-refractivity contribution in [2.75, 3.05) is 12.4 Å². The zero-order valence-electron chi connectivity index (χ0n) is 19.3. The van der Waals surface area contributed by atoms with Crippen LogP contribution in [0.4, 0.5) is 18.2 Å². The van der Waals surface area contributed by atoms with Gasteiger partial charge in [0.2, 0.25) is 0 Å². The molecule has 1 N–H and O–H groups in total. The van der Waals surface area contributed by atoms with E-state index in [1.807, 2.05) is 0 Å². The molecule has 0 aliphatic heterocycles. The Hall–Kier alpha value is -3.73. The Balaban J connectivity index is 1.59. The second-order valence-corrected chi connectivity index (χ2v) is 9.79. The first-order valence-corrected chi connectivity index (χ1v) is 12.0. The van der Waals surface area contributed by atoms with Gasteiger partial charge in [0.05, 0.1) is 24.6 Å². The van der Waals surface area contributed by atoms with Gasteiger partial charge in [0, 0.05) is 10.4 Å². The number of fused-ring (bicyclic) bond motifs is 2. The zero-order chi connectivity index (χ0) is 25.6. The van der Waals surface area contributed by atoms with E-state index in [4.69, 9.17) is 4.74 Å². The molecule has 11 heteroatoms. The van der Waals surface area contributed by atoms with Crippen LogP contribution < -0.4 is 5.32 Å². The average Bonchev–Trinajstić information content (AvgIpc) is 3.43. The number of rotatable bonds is 4. The van der Waals surface area contributed by atoms with Gasteiger partial charge in [0.25, 0.3) is 5.91 Å². The van der Waals surface area contributed by atoms with Gasteiger partial charge in [-0.1, -0.05) is 37.3 Å². The van der Waals surface area contributed by atoms with Crippen molar-refractivity contribution in [3.8, 4) is 11.3 Å². The molecule has 1 atom stereocenters. The van der Waals surface area contributed by atoms with E-state index >= 15 is 0 Å². The van der Waals surface area contributed by atoms with E-state index in [1.54, 1.807) is 30.3 Å². The fourth-order valence-electron chi connectivity index (χ4n) is 4.41. The molecule has 1 aliphatic carbocycles. The molecule has 0 bridgehead atoms. The van der Waals surface area contributed by atoms with Crippen LogP contribution in [0.15, 0.2) is 42.6 Å². The third kappa shape index (κ3) is 4.23. The van der Waals surface area contributed by atoms with Gasteiger partial charge >= 0.3 is 12.1 Å². The largest absolute Gasteiger partial charge is 0.465 e. The lowest BCUT2D eigenvalue weighted by Gasteiger charge is -2.18.